The van der Waals surface area contributed by atoms with E-state index in [0.717, 1.165) is 32.1 Å². The van der Waals surface area contributed by atoms with E-state index in [1.165, 1.54) is 0 Å². The molecular formula is C23H21N5O2S. The summed E-state index contributed by atoms with van der Waals surface area (Å²) in [7, 11) is -3.67. The van der Waals surface area contributed by atoms with Crippen molar-refractivity contribution < 1.29 is 8.42 Å². The minimum absolute atomic E-state index is 0.0396. The molecule has 0 radical (unpaired) electrons. The Morgan fingerprint density at radius 2 is 1.65 bits per heavy atom. The van der Waals surface area contributed by atoms with Crippen LogP contribution in [0.15, 0.2) is 72.9 Å². The standard InChI is InChI=1S/C23H21N5O2S/c1-15(2)31(29,30)28-19-14-17(11-12-18(19)25-23(28)24)22-21(16-8-4-3-5-9-16)26-20-10-6-7-13-27(20)22/h3-15H,1-2H3,(H2,24,25). The first-order valence-corrected chi connectivity index (χ1v) is 11.4. The summed E-state index contributed by atoms with van der Waals surface area (Å²) < 4.78 is 29.0. The predicted molar refractivity (Wildman–Crippen MR) is 123 cm³/mol. The van der Waals surface area contributed by atoms with Crippen molar-refractivity contribution in [2.45, 2.75) is 19.1 Å². The van der Waals surface area contributed by atoms with Crippen LogP contribution in [0, 0.1) is 0 Å². The summed E-state index contributed by atoms with van der Waals surface area (Å²) in [5, 5.41) is -0.633. The summed E-state index contributed by atoms with van der Waals surface area (Å²) in [6, 6.07) is 21.3. The van der Waals surface area contributed by atoms with E-state index < -0.39 is 15.3 Å². The molecule has 0 aliphatic heterocycles. The van der Waals surface area contributed by atoms with Crippen molar-refractivity contribution >= 4 is 32.7 Å². The van der Waals surface area contributed by atoms with Gasteiger partial charge in [-0.25, -0.2) is 22.4 Å². The highest BCUT2D eigenvalue weighted by atomic mass is 32.2. The number of nitrogens with two attached hydrogens (primary N) is 1. The van der Waals surface area contributed by atoms with Gasteiger partial charge in [0, 0.05) is 17.3 Å². The molecule has 8 heteroatoms. The fourth-order valence-corrected chi connectivity index (χ4v) is 4.91. The van der Waals surface area contributed by atoms with Crippen molar-refractivity contribution in [3.05, 3.63) is 72.9 Å². The zero-order chi connectivity index (χ0) is 21.8. The average Bonchev–Trinajstić information content (AvgIpc) is 3.31. The van der Waals surface area contributed by atoms with Gasteiger partial charge in [-0.15, -0.1) is 0 Å². The summed E-state index contributed by atoms with van der Waals surface area (Å²) in [6.07, 6.45) is 1.95. The van der Waals surface area contributed by atoms with E-state index >= 15 is 0 Å². The first kappa shape index (κ1) is 19.3. The number of nitrogens with zero attached hydrogens (tertiary/aromatic N) is 4. The maximum atomic E-state index is 13.0. The van der Waals surface area contributed by atoms with E-state index in [0.29, 0.717) is 11.0 Å². The summed E-state index contributed by atoms with van der Waals surface area (Å²) in [6.45, 7) is 3.25. The highest BCUT2D eigenvalue weighted by Crippen LogP contribution is 2.35. The number of pyridine rings is 1. The number of nitrogen functional groups attached to an aromatic ring is 1. The van der Waals surface area contributed by atoms with Crippen LogP contribution in [0.25, 0.3) is 39.2 Å². The zero-order valence-electron chi connectivity index (χ0n) is 17.1. The van der Waals surface area contributed by atoms with Gasteiger partial charge in [-0.3, -0.25) is 4.40 Å². The van der Waals surface area contributed by atoms with Crippen LogP contribution >= 0.6 is 0 Å². The van der Waals surface area contributed by atoms with Crippen molar-refractivity contribution in [2.75, 3.05) is 5.73 Å². The second kappa shape index (κ2) is 6.95. The highest BCUT2D eigenvalue weighted by Gasteiger charge is 2.25. The summed E-state index contributed by atoms with van der Waals surface area (Å²) in [4.78, 5) is 9.11. The molecule has 0 fully saturated rings. The van der Waals surface area contributed by atoms with Crippen LogP contribution in [0.4, 0.5) is 5.95 Å². The fourth-order valence-electron chi connectivity index (χ4n) is 3.77. The van der Waals surface area contributed by atoms with E-state index in [4.69, 9.17) is 10.7 Å². The Morgan fingerprint density at radius 3 is 2.39 bits per heavy atom. The van der Waals surface area contributed by atoms with Gasteiger partial charge in [0.15, 0.2) is 0 Å². The molecule has 0 atom stereocenters. The Kier molecular flexibility index (Phi) is 4.33. The van der Waals surface area contributed by atoms with Crippen LogP contribution in [-0.2, 0) is 10.0 Å². The molecule has 0 saturated carbocycles. The first-order valence-electron chi connectivity index (χ1n) is 9.93. The lowest BCUT2D eigenvalue weighted by Crippen LogP contribution is -2.23. The lowest BCUT2D eigenvalue weighted by molar-refractivity contribution is 0.580. The Labute approximate surface area is 179 Å². The van der Waals surface area contributed by atoms with Gasteiger partial charge in [-0.1, -0.05) is 42.5 Å². The molecule has 0 saturated heterocycles. The molecule has 5 rings (SSSR count). The average molecular weight is 432 g/mol. The Morgan fingerprint density at radius 1 is 0.903 bits per heavy atom. The second-order valence-electron chi connectivity index (χ2n) is 7.64. The van der Waals surface area contributed by atoms with Crippen LogP contribution in [-0.4, -0.2) is 32.0 Å². The lowest BCUT2D eigenvalue weighted by Gasteiger charge is -2.12. The number of fused-ring (bicyclic) bond motifs is 2. The van der Waals surface area contributed by atoms with Crippen molar-refractivity contribution in [1.29, 1.82) is 0 Å². The van der Waals surface area contributed by atoms with Crippen LogP contribution < -0.4 is 5.73 Å². The molecule has 31 heavy (non-hydrogen) atoms. The van der Waals surface area contributed by atoms with Gasteiger partial charge in [0.2, 0.25) is 16.0 Å². The SMILES string of the molecule is CC(C)S(=O)(=O)n1c(N)nc2ccc(-c3c(-c4ccccc4)nc4ccccn34)cc21. The third-order valence-electron chi connectivity index (χ3n) is 5.34. The number of hydrogen-bond donors (Lipinski definition) is 1. The van der Waals surface area contributed by atoms with E-state index in [-0.39, 0.29) is 5.95 Å². The third kappa shape index (κ3) is 2.98. The van der Waals surface area contributed by atoms with E-state index in [2.05, 4.69) is 4.98 Å². The van der Waals surface area contributed by atoms with Crippen LogP contribution in [0.3, 0.4) is 0 Å². The Bertz CT molecular complexity index is 1530. The van der Waals surface area contributed by atoms with E-state index in [1.807, 2.05) is 71.3 Å². The Hall–Kier alpha value is -3.65. The molecule has 0 spiro atoms. The number of rotatable bonds is 4. The van der Waals surface area contributed by atoms with Gasteiger partial charge < -0.3 is 5.73 Å². The van der Waals surface area contributed by atoms with E-state index in [9.17, 15) is 8.42 Å². The molecule has 7 nitrogen and oxygen atoms in total. The number of benzene rings is 2. The Balaban J connectivity index is 1.83. The summed E-state index contributed by atoms with van der Waals surface area (Å²) >= 11 is 0. The molecule has 0 unspecified atom stereocenters. The monoisotopic (exact) mass is 431 g/mol. The van der Waals surface area contributed by atoms with Gasteiger partial charge in [-0.05, 0) is 38.1 Å². The molecule has 156 valence electrons. The molecule has 0 aliphatic carbocycles. The molecular weight excluding hydrogens is 410 g/mol. The minimum atomic E-state index is -3.67. The molecule has 0 bridgehead atoms. The fraction of sp³-hybridized carbons (Fsp3) is 0.130. The first-order chi connectivity index (χ1) is 14.9. The van der Waals surface area contributed by atoms with E-state index in [1.54, 1.807) is 19.9 Å². The normalized spacial score (nSPS) is 12.2. The molecule has 2 N–H and O–H groups in total. The highest BCUT2D eigenvalue weighted by molar-refractivity contribution is 7.90. The largest absolute Gasteiger partial charge is 0.368 e. The number of aromatic nitrogens is 4. The topological polar surface area (TPSA) is 95.3 Å². The number of hydrogen-bond acceptors (Lipinski definition) is 5. The molecule has 0 aliphatic rings. The van der Waals surface area contributed by atoms with Gasteiger partial charge in [0.25, 0.3) is 0 Å². The van der Waals surface area contributed by atoms with Crippen LogP contribution in [0.1, 0.15) is 13.8 Å². The maximum Gasteiger partial charge on any atom is 0.244 e. The molecule has 2 aromatic carbocycles. The van der Waals surface area contributed by atoms with Crippen molar-refractivity contribution in [2.24, 2.45) is 0 Å². The molecule has 0 amide bonds. The van der Waals surface area contributed by atoms with Crippen LogP contribution in [0.2, 0.25) is 0 Å². The number of imidazole rings is 2. The van der Waals surface area contributed by atoms with Crippen molar-refractivity contribution in [3.8, 4) is 22.5 Å². The summed E-state index contributed by atoms with van der Waals surface area (Å²) in [5.41, 5.74) is 11.3. The zero-order valence-corrected chi connectivity index (χ0v) is 17.9. The maximum absolute atomic E-state index is 13.0. The van der Waals surface area contributed by atoms with Crippen molar-refractivity contribution in [1.82, 2.24) is 18.3 Å². The molecule has 3 heterocycles. The number of anilines is 1. The lowest BCUT2D eigenvalue weighted by atomic mass is 10.0. The third-order valence-corrected chi connectivity index (χ3v) is 7.42. The predicted octanol–water partition coefficient (Wildman–Crippen LogP) is 4.19. The van der Waals surface area contributed by atoms with Gasteiger partial charge in [-0.2, -0.15) is 0 Å². The van der Waals surface area contributed by atoms with Gasteiger partial charge in [0.05, 0.1) is 27.7 Å². The minimum Gasteiger partial charge on any atom is -0.368 e. The van der Waals surface area contributed by atoms with Crippen molar-refractivity contribution in [3.63, 3.8) is 0 Å². The summed E-state index contributed by atoms with van der Waals surface area (Å²) in [5.74, 6) is -0.0396. The van der Waals surface area contributed by atoms with Gasteiger partial charge in [0.1, 0.15) is 5.65 Å². The van der Waals surface area contributed by atoms with Gasteiger partial charge >= 0.3 is 0 Å². The second-order valence-corrected chi connectivity index (χ2v) is 9.97. The molecule has 5 aromatic rings. The quantitative estimate of drug-likeness (QED) is 0.460. The van der Waals surface area contributed by atoms with Crippen LogP contribution in [0.5, 0.6) is 0 Å². The molecule has 3 aromatic heterocycles. The smallest absolute Gasteiger partial charge is 0.244 e.